The third kappa shape index (κ3) is 19.5. The van der Waals surface area contributed by atoms with Crippen molar-refractivity contribution in [2.75, 3.05) is 0 Å². The van der Waals surface area contributed by atoms with Gasteiger partial charge >= 0.3 is 118 Å². The molecule has 0 spiro atoms. The van der Waals surface area contributed by atoms with Crippen LogP contribution >= 0.6 is 0 Å². The van der Waals surface area contributed by atoms with E-state index in [-0.39, 0.29) is 192 Å². The van der Waals surface area contributed by atoms with Crippen LogP contribution in [0.15, 0.2) is 24.3 Å². The number of aromatic hydroxyl groups is 4. The molecule has 0 aliphatic heterocycles. The molecule has 4 aromatic carbocycles. The molecule has 1 aliphatic carbocycles. The van der Waals surface area contributed by atoms with Crippen molar-refractivity contribution in [2.45, 2.75) is 177 Å². The van der Waals surface area contributed by atoms with Crippen molar-refractivity contribution in [3.05, 3.63) is 91.0 Å². The van der Waals surface area contributed by atoms with Crippen molar-refractivity contribution in [1.29, 1.82) is 0 Å². The molecule has 0 saturated heterocycles. The molecule has 0 amide bonds. The van der Waals surface area contributed by atoms with Crippen LogP contribution in [0.2, 0.25) is 0 Å². The predicted molar refractivity (Wildman–Crippen MR) is 275 cm³/mol. The molecule has 0 saturated carbocycles. The van der Waals surface area contributed by atoms with Gasteiger partial charge in [0.2, 0.25) is 0 Å². The van der Waals surface area contributed by atoms with Gasteiger partial charge in [0, 0.05) is 45.9 Å². The number of benzene rings is 4. The molecule has 0 heterocycles. The predicted octanol–water partition coefficient (Wildman–Crippen LogP) is -4.47. The minimum Gasteiger partial charge on any atom is -0.872 e. The Labute approximate surface area is 558 Å². The Bertz CT molecular complexity index is 2710. The fraction of sp³-hybridized carbons (Fsp3) is 0.538. The molecule has 0 radical (unpaired) electrons. The van der Waals surface area contributed by atoms with E-state index in [1.165, 1.54) is 12.1 Å². The van der Waals surface area contributed by atoms with Gasteiger partial charge in [0.25, 0.3) is 40.5 Å². The Hall–Kier alpha value is -1.08. The van der Waals surface area contributed by atoms with E-state index in [4.69, 9.17) is 0 Å². The van der Waals surface area contributed by atoms with Crippen LogP contribution in [0.1, 0.15) is 221 Å². The minimum atomic E-state index is -5.24. The molecule has 28 heteroatoms. The molecule has 20 nitrogen and oxygen atoms in total. The zero-order chi connectivity index (χ0) is 56.8. The number of hydrogen-bond acceptors (Lipinski definition) is 16. The maximum Gasteiger partial charge on any atom is 1.00 e. The number of unbranched alkanes of at least 4 members (excludes halogenated alkanes) is 8. The zero-order valence-corrected chi connectivity index (χ0v) is 58.1. The molecule has 8 bridgehead atoms. The summed E-state index contributed by atoms with van der Waals surface area (Å²) in [5.74, 6) is -21.0. The second-order valence-corrected chi connectivity index (χ2v) is 25.8. The van der Waals surface area contributed by atoms with Crippen LogP contribution in [0.3, 0.4) is 0 Å². The topological polar surface area (TPSA) is 391 Å². The Morgan fingerprint density at radius 2 is 0.500 bits per heavy atom. The third-order valence-corrected chi connectivity index (χ3v) is 16.9. The van der Waals surface area contributed by atoms with Crippen LogP contribution in [0, 0.1) is 0 Å². The van der Waals surface area contributed by atoms with Crippen molar-refractivity contribution >= 4 is 40.5 Å². The van der Waals surface area contributed by atoms with Crippen LogP contribution in [0.25, 0.3) is 0 Å². The SMILES string of the molecule is CCCCCC1c2cc(c([O-])c(CS(=O)(=O)O)c2[O-])C(CCCCC)c2cc(c(O)c(CS(=O)(=O)O)c2O)C(CCCCC)c2cc(c(O)c(CS(=O)(=O)O)c2O)C(CCCCC)c2cc1c([O-])c(CS(=O)(=O)O)c2[O-].[Na+].[Na+].[Na+].[Na+]. The average molecular weight is 1230 g/mol. The second kappa shape index (κ2) is 32.6. The Morgan fingerprint density at radius 3 is 0.700 bits per heavy atom. The van der Waals surface area contributed by atoms with Crippen LogP contribution in [0.4, 0.5) is 0 Å². The van der Waals surface area contributed by atoms with E-state index in [1.807, 2.05) is 27.7 Å². The first-order valence-corrected chi connectivity index (χ1v) is 31.9. The van der Waals surface area contributed by atoms with Gasteiger partial charge in [-0.05, 0) is 71.2 Å². The van der Waals surface area contributed by atoms with E-state index < -0.39 is 178 Å². The Kier molecular flexibility index (Phi) is 31.4. The van der Waals surface area contributed by atoms with E-state index >= 15 is 10.2 Å². The van der Waals surface area contributed by atoms with E-state index in [0.29, 0.717) is 51.4 Å². The van der Waals surface area contributed by atoms with E-state index in [9.17, 15) is 82.5 Å². The first kappa shape index (κ1) is 76.9. The molecule has 2 atom stereocenters. The molecule has 8 N–H and O–H groups in total. The first-order chi connectivity index (χ1) is 35.4. The zero-order valence-electron chi connectivity index (χ0n) is 46.9. The van der Waals surface area contributed by atoms with Gasteiger partial charge in [0.05, 0.1) is 22.6 Å². The van der Waals surface area contributed by atoms with Crippen LogP contribution in [0.5, 0.6) is 46.0 Å². The molecule has 0 aromatic heterocycles. The molecule has 1 aliphatic rings. The van der Waals surface area contributed by atoms with Crippen LogP contribution in [-0.4, -0.2) is 72.3 Å². The Morgan fingerprint density at radius 1 is 0.325 bits per heavy atom. The Balaban J connectivity index is 0.00000800. The maximum atomic E-state index is 15.0. The first-order valence-electron chi connectivity index (χ1n) is 25.4. The summed E-state index contributed by atoms with van der Waals surface area (Å²) in [5.41, 5.74) is -6.72. The van der Waals surface area contributed by atoms with Gasteiger partial charge in [-0.15, -0.1) is 23.0 Å². The van der Waals surface area contributed by atoms with Gasteiger partial charge in [-0.3, -0.25) is 18.2 Å². The minimum absolute atomic E-state index is 0. The fourth-order valence-corrected chi connectivity index (χ4v) is 13.2. The molecule has 424 valence electrons. The van der Waals surface area contributed by atoms with Crippen molar-refractivity contribution in [1.82, 2.24) is 0 Å². The molecular formula is C52H68Na4O20S4. The summed E-state index contributed by atoms with van der Waals surface area (Å²) >= 11 is 0. The van der Waals surface area contributed by atoms with Gasteiger partial charge in [-0.2, -0.15) is 33.7 Å². The van der Waals surface area contributed by atoms with E-state index in [0.717, 1.165) is 12.1 Å². The summed E-state index contributed by atoms with van der Waals surface area (Å²) in [4.78, 5) is 0. The van der Waals surface area contributed by atoms with E-state index in [2.05, 4.69) is 0 Å². The number of hydrogen-bond donors (Lipinski definition) is 8. The monoisotopic (exact) mass is 1230 g/mol. The fourth-order valence-electron chi connectivity index (χ4n) is 10.7. The largest absolute Gasteiger partial charge is 1.00 e. The summed E-state index contributed by atoms with van der Waals surface area (Å²) in [7, 11) is -20.8. The van der Waals surface area contributed by atoms with Crippen molar-refractivity contribution in [3.63, 3.8) is 0 Å². The van der Waals surface area contributed by atoms with E-state index in [1.54, 1.807) is 0 Å². The van der Waals surface area contributed by atoms with Crippen molar-refractivity contribution in [2.24, 2.45) is 0 Å². The molecule has 0 fully saturated rings. The molecule has 4 aromatic rings. The quantitative estimate of drug-likeness (QED) is 0.0186. The van der Waals surface area contributed by atoms with Crippen LogP contribution < -0.4 is 139 Å². The van der Waals surface area contributed by atoms with Gasteiger partial charge in [-0.1, -0.05) is 117 Å². The summed E-state index contributed by atoms with van der Waals surface area (Å²) in [6.07, 6.45) is 4.24. The smallest absolute Gasteiger partial charge is 0.872 e. The molecule has 2 unspecified atom stereocenters. The number of rotatable bonds is 24. The summed E-state index contributed by atoms with van der Waals surface area (Å²) in [6.45, 7) is 7.32. The summed E-state index contributed by atoms with van der Waals surface area (Å²) in [6, 6.07) is 4.53. The molecular weight excluding hydrogens is 1160 g/mol. The average Bonchev–Trinajstić information content (AvgIpc) is 3.31. The standard InChI is InChI=1S/C52H72O20S4.4Na/c1-5-9-13-17-29-33-21-35(47(55)41(45(33)53)25-73(61,62)63)30(18-14-10-6-2)37-23-39(51(59)43(49(37)57)27-75(67,68)69)32(20-16-12-8-4)40-24-38(50(58)44(52(40)60)28-76(70,71)72)31(19-15-11-7-3)36-22-34(29)46(54)42(48(36)56)26-74(64,65)66;;;;/h21-24,29-32,53-60H,5-20,25-28H2,1-4H3,(H,61,62,63)(H,64,65,66)(H,67,68,69)(H,70,71,72);;;;/q;4*+1/p-4. The normalized spacial score (nSPS) is 16.4. The molecule has 80 heavy (non-hydrogen) atoms. The van der Waals surface area contributed by atoms with Crippen LogP contribution in [-0.2, 0) is 63.5 Å². The summed E-state index contributed by atoms with van der Waals surface area (Å²) < 4.78 is 144. The summed E-state index contributed by atoms with van der Waals surface area (Å²) in [5, 5.41) is 109. The maximum absolute atomic E-state index is 15.0. The van der Waals surface area contributed by atoms with Crippen molar-refractivity contribution < 1.29 is 211 Å². The third-order valence-electron chi connectivity index (χ3n) is 14.3. The number of phenolic OH excluding ortho intramolecular Hbond substituents is 4. The number of fused-ring (bicyclic) bond motifs is 8. The van der Waals surface area contributed by atoms with Gasteiger partial charge < -0.3 is 40.9 Å². The second-order valence-electron chi connectivity index (χ2n) is 19.9. The molecule has 5 rings (SSSR count). The number of phenols is 4. The van der Waals surface area contributed by atoms with Gasteiger partial charge in [0.1, 0.15) is 34.5 Å². The van der Waals surface area contributed by atoms with Gasteiger partial charge in [0.15, 0.2) is 0 Å². The van der Waals surface area contributed by atoms with Crippen molar-refractivity contribution in [3.8, 4) is 46.0 Å². The van der Waals surface area contributed by atoms with Gasteiger partial charge in [-0.25, -0.2) is 0 Å².